The van der Waals surface area contributed by atoms with Crippen LogP contribution in [-0.2, 0) is 22.6 Å². The van der Waals surface area contributed by atoms with E-state index in [1.807, 2.05) is 24.4 Å². The van der Waals surface area contributed by atoms with Crippen LogP contribution in [0.3, 0.4) is 0 Å². The predicted octanol–water partition coefficient (Wildman–Crippen LogP) is 2.96. The van der Waals surface area contributed by atoms with E-state index in [2.05, 4.69) is 15.5 Å². The zero-order valence-electron chi connectivity index (χ0n) is 16.7. The van der Waals surface area contributed by atoms with E-state index in [1.165, 1.54) is 6.07 Å². The van der Waals surface area contributed by atoms with Crippen molar-refractivity contribution < 1.29 is 14.0 Å². The third-order valence-electron chi connectivity index (χ3n) is 5.50. The van der Waals surface area contributed by atoms with Crippen LogP contribution in [0.25, 0.3) is 0 Å². The third kappa shape index (κ3) is 6.11. The zero-order valence-corrected chi connectivity index (χ0v) is 17.5. The minimum Gasteiger partial charge on any atom is -0.356 e. The lowest BCUT2D eigenvalue weighted by Crippen LogP contribution is -2.49. The molecule has 2 amide bonds. The molecule has 2 N–H and O–H groups in total. The van der Waals surface area contributed by atoms with Gasteiger partial charge in [0.25, 0.3) is 0 Å². The number of halogens is 1. The van der Waals surface area contributed by atoms with Gasteiger partial charge >= 0.3 is 0 Å². The number of thiophene rings is 1. The fourth-order valence-electron chi connectivity index (χ4n) is 3.62. The van der Waals surface area contributed by atoms with Crippen LogP contribution in [0.2, 0.25) is 0 Å². The minimum atomic E-state index is -0.235. The molecule has 1 atom stereocenters. The first-order chi connectivity index (χ1) is 14.0. The van der Waals surface area contributed by atoms with Crippen molar-refractivity contribution in [3.05, 3.63) is 58.0 Å². The van der Waals surface area contributed by atoms with E-state index in [9.17, 15) is 14.0 Å². The Bertz CT molecular complexity index is 804. The number of carbonyl (C=O) groups is 2. The van der Waals surface area contributed by atoms with Crippen LogP contribution in [-0.4, -0.2) is 42.4 Å². The maximum Gasteiger partial charge on any atom is 0.237 e. The molecule has 5 nitrogen and oxygen atoms in total. The fourth-order valence-corrected chi connectivity index (χ4v) is 4.26. The highest BCUT2D eigenvalue weighted by Gasteiger charge is 2.29. The number of rotatable bonds is 8. The summed E-state index contributed by atoms with van der Waals surface area (Å²) < 4.78 is 13.6. The molecule has 0 aliphatic carbocycles. The Balaban J connectivity index is 1.37. The summed E-state index contributed by atoms with van der Waals surface area (Å²) in [4.78, 5) is 28.1. The molecule has 0 spiro atoms. The summed E-state index contributed by atoms with van der Waals surface area (Å²) in [6.45, 7) is 4.35. The lowest BCUT2D eigenvalue weighted by atomic mass is 9.94. The minimum absolute atomic E-state index is 0.0196. The lowest BCUT2D eigenvalue weighted by molar-refractivity contribution is -0.128. The number of benzene rings is 1. The Hall–Kier alpha value is -2.25. The number of amides is 2. The van der Waals surface area contributed by atoms with Gasteiger partial charge in [0.1, 0.15) is 5.82 Å². The maximum absolute atomic E-state index is 13.6. The Morgan fingerprint density at radius 1 is 1.17 bits per heavy atom. The van der Waals surface area contributed by atoms with E-state index in [0.29, 0.717) is 25.1 Å². The number of piperidine rings is 1. The summed E-state index contributed by atoms with van der Waals surface area (Å²) >= 11 is 1.63. The largest absolute Gasteiger partial charge is 0.356 e. The molecule has 1 aromatic heterocycles. The Kier molecular flexibility index (Phi) is 7.77. The quantitative estimate of drug-likeness (QED) is 0.694. The molecular formula is C22H28FN3O2S. The van der Waals surface area contributed by atoms with E-state index >= 15 is 0 Å². The Morgan fingerprint density at radius 2 is 1.93 bits per heavy atom. The molecule has 1 aliphatic rings. The summed E-state index contributed by atoms with van der Waals surface area (Å²) in [5.74, 6) is -0.239. The van der Waals surface area contributed by atoms with E-state index in [4.69, 9.17) is 0 Å². The highest BCUT2D eigenvalue weighted by molar-refractivity contribution is 7.09. The average molecular weight is 418 g/mol. The SMILES string of the molecule is CC(C(=O)NCc1cccs1)N1CCC(C(=O)NCCc2ccccc2F)CC1. The summed E-state index contributed by atoms with van der Waals surface area (Å²) in [7, 11) is 0. The topological polar surface area (TPSA) is 61.4 Å². The van der Waals surface area contributed by atoms with Crippen molar-refractivity contribution in [3.8, 4) is 0 Å². The van der Waals surface area contributed by atoms with Crippen LogP contribution in [0.5, 0.6) is 0 Å². The first-order valence-electron chi connectivity index (χ1n) is 10.1. The van der Waals surface area contributed by atoms with Crippen molar-refractivity contribution in [2.24, 2.45) is 5.92 Å². The molecule has 1 saturated heterocycles. The standard InChI is InChI=1S/C22H28FN3O2S/c1-16(21(27)25-15-19-6-4-14-29-19)26-12-9-18(10-13-26)22(28)24-11-8-17-5-2-3-7-20(17)23/h2-7,14,16,18H,8-13,15H2,1H3,(H,24,28)(H,25,27). The summed E-state index contributed by atoms with van der Waals surface area (Å²) in [5, 5.41) is 7.91. The second-order valence-corrected chi connectivity index (χ2v) is 8.45. The number of hydrogen-bond acceptors (Lipinski definition) is 4. The Morgan fingerprint density at radius 3 is 2.62 bits per heavy atom. The molecular weight excluding hydrogens is 389 g/mol. The molecule has 156 valence electrons. The van der Waals surface area contributed by atoms with Gasteiger partial charge in [-0.25, -0.2) is 4.39 Å². The zero-order chi connectivity index (χ0) is 20.6. The molecule has 29 heavy (non-hydrogen) atoms. The van der Waals surface area contributed by atoms with Crippen molar-refractivity contribution in [2.75, 3.05) is 19.6 Å². The van der Waals surface area contributed by atoms with Crippen LogP contribution < -0.4 is 10.6 Å². The van der Waals surface area contributed by atoms with Crippen molar-refractivity contribution >= 4 is 23.2 Å². The van der Waals surface area contributed by atoms with Gasteiger partial charge in [-0.1, -0.05) is 24.3 Å². The molecule has 1 unspecified atom stereocenters. The molecule has 7 heteroatoms. The smallest absolute Gasteiger partial charge is 0.237 e. The highest BCUT2D eigenvalue weighted by atomic mass is 32.1. The number of nitrogens with one attached hydrogen (secondary N) is 2. The first kappa shape index (κ1) is 21.5. The fraction of sp³-hybridized carbons (Fsp3) is 0.455. The molecule has 1 aliphatic heterocycles. The van der Waals surface area contributed by atoms with Gasteiger partial charge in [0.05, 0.1) is 12.6 Å². The van der Waals surface area contributed by atoms with Gasteiger partial charge in [0, 0.05) is 17.3 Å². The molecule has 0 saturated carbocycles. The van der Waals surface area contributed by atoms with Gasteiger partial charge in [-0.3, -0.25) is 14.5 Å². The highest BCUT2D eigenvalue weighted by Crippen LogP contribution is 2.19. The van der Waals surface area contributed by atoms with E-state index < -0.39 is 0 Å². The molecule has 2 heterocycles. The number of likely N-dealkylation sites (tertiary alicyclic amines) is 1. The molecule has 0 radical (unpaired) electrons. The summed E-state index contributed by atoms with van der Waals surface area (Å²) in [6.07, 6.45) is 1.95. The first-order valence-corrected chi connectivity index (χ1v) is 11.0. The molecule has 0 bridgehead atoms. The van der Waals surface area contributed by atoms with Crippen LogP contribution in [0.1, 0.15) is 30.2 Å². The number of nitrogens with zero attached hydrogens (tertiary/aromatic N) is 1. The molecule has 2 aromatic rings. The van der Waals surface area contributed by atoms with E-state index in [1.54, 1.807) is 29.5 Å². The van der Waals surface area contributed by atoms with Gasteiger partial charge in [0.15, 0.2) is 0 Å². The molecule has 1 fully saturated rings. The van der Waals surface area contributed by atoms with Crippen LogP contribution in [0.4, 0.5) is 4.39 Å². The Labute approximate surface area is 175 Å². The van der Waals surface area contributed by atoms with Crippen molar-refractivity contribution in [3.63, 3.8) is 0 Å². The normalized spacial score (nSPS) is 16.3. The van der Waals surface area contributed by atoms with Crippen molar-refractivity contribution in [1.82, 2.24) is 15.5 Å². The van der Waals surface area contributed by atoms with Gasteiger partial charge in [-0.15, -0.1) is 11.3 Å². The third-order valence-corrected chi connectivity index (χ3v) is 6.37. The average Bonchev–Trinajstić information content (AvgIpc) is 3.26. The van der Waals surface area contributed by atoms with Crippen LogP contribution in [0.15, 0.2) is 41.8 Å². The van der Waals surface area contributed by atoms with E-state index in [0.717, 1.165) is 30.8 Å². The second kappa shape index (κ2) is 10.5. The monoisotopic (exact) mass is 417 g/mol. The lowest BCUT2D eigenvalue weighted by Gasteiger charge is -2.34. The van der Waals surface area contributed by atoms with Gasteiger partial charge in [0.2, 0.25) is 11.8 Å². The van der Waals surface area contributed by atoms with Crippen molar-refractivity contribution in [1.29, 1.82) is 0 Å². The van der Waals surface area contributed by atoms with Crippen molar-refractivity contribution in [2.45, 2.75) is 38.8 Å². The maximum atomic E-state index is 13.6. The van der Waals surface area contributed by atoms with Gasteiger partial charge in [-0.2, -0.15) is 0 Å². The van der Waals surface area contributed by atoms with Gasteiger partial charge in [-0.05, 0) is 62.4 Å². The second-order valence-electron chi connectivity index (χ2n) is 7.42. The molecule has 3 rings (SSSR count). The summed E-state index contributed by atoms with van der Waals surface area (Å²) in [6, 6.07) is 10.4. The molecule has 1 aromatic carbocycles. The van der Waals surface area contributed by atoms with E-state index in [-0.39, 0.29) is 29.6 Å². The number of carbonyl (C=O) groups excluding carboxylic acids is 2. The summed E-state index contributed by atoms with van der Waals surface area (Å²) in [5.41, 5.74) is 0.616. The van der Waals surface area contributed by atoms with Crippen LogP contribution in [0, 0.1) is 11.7 Å². The number of hydrogen-bond donors (Lipinski definition) is 2. The van der Waals surface area contributed by atoms with Crippen LogP contribution >= 0.6 is 11.3 Å². The predicted molar refractivity (Wildman–Crippen MR) is 113 cm³/mol. The van der Waals surface area contributed by atoms with Gasteiger partial charge < -0.3 is 10.6 Å².